The first-order valence-electron chi connectivity index (χ1n) is 10.7. The number of amides is 1. The first-order chi connectivity index (χ1) is 15.6. The molecule has 2 heterocycles. The number of H-pyrrole nitrogens is 1. The molecule has 0 aliphatic carbocycles. The van der Waals surface area contributed by atoms with Crippen LogP contribution in [-0.2, 0) is 0 Å². The first kappa shape index (κ1) is 21.7. The molecule has 8 nitrogen and oxygen atoms in total. The van der Waals surface area contributed by atoms with Gasteiger partial charge in [0.1, 0.15) is 0 Å². The Morgan fingerprint density at radius 1 is 1.03 bits per heavy atom. The molecule has 1 aliphatic heterocycles. The van der Waals surface area contributed by atoms with E-state index in [1.54, 1.807) is 20.3 Å². The number of rotatable bonds is 7. The van der Waals surface area contributed by atoms with E-state index in [1.165, 1.54) is 0 Å². The first-order valence-corrected chi connectivity index (χ1v) is 10.7. The monoisotopic (exact) mass is 435 g/mol. The number of piperidine rings is 1. The summed E-state index contributed by atoms with van der Waals surface area (Å²) in [7, 11) is 5.34. The number of likely N-dealkylation sites (tertiary alicyclic amines) is 1. The van der Waals surface area contributed by atoms with Gasteiger partial charge >= 0.3 is 0 Å². The quantitative estimate of drug-likeness (QED) is 0.522. The highest BCUT2D eigenvalue weighted by atomic mass is 16.5. The number of nitrogens with zero attached hydrogens (tertiary/aromatic N) is 2. The van der Waals surface area contributed by atoms with E-state index >= 15 is 0 Å². The van der Waals surface area contributed by atoms with Gasteiger partial charge in [-0.05, 0) is 75.4 Å². The van der Waals surface area contributed by atoms with Crippen LogP contribution in [0, 0.1) is 0 Å². The third kappa shape index (κ3) is 5.03. The van der Waals surface area contributed by atoms with Gasteiger partial charge in [-0.25, -0.2) is 0 Å². The van der Waals surface area contributed by atoms with Gasteiger partial charge < -0.3 is 25.0 Å². The fraction of sp³-hybridized carbons (Fsp3) is 0.333. The summed E-state index contributed by atoms with van der Waals surface area (Å²) in [5.74, 6) is 1.52. The largest absolute Gasteiger partial charge is 0.493 e. The van der Waals surface area contributed by atoms with Crippen LogP contribution < -0.4 is 20.1 Å². The maximum absolute atomic E-state index is 12.7. The van der Waals surface area contributed by atoms with Crippen LogP contribution in [0.5, 0.6) is 11.5 Å². The summed E-state index contributed by atoms with van der Waals surface area (Å²) in [6.45, 7) is 2.21. The second-order valence-corrected chi connectivity index (χ2v) is 7.99. The van der Waals surface area contributed by atoms with Crippen molar-refractivity contribution in [3.63, 3.8) is 0 Å². The van der Waals surface area contributed by atoms with Crippen molar-refractivity contribution in [3.8, 4) is 22.8 Å². The van der Waals surface area contributed by atoms with Gasteiger partial charge in [-0.15, -0.1) is 0 Å². The second-order valence-electron chi connectivity index (χ2n) is 7.99. The minimum absolute atomic E-state index is 0.207. The van der Waals surface area contributed by atoms with Crippen LogP contribution in [0.25, 0.3) is 11.3 Å². The molecule has 0 bridgehead atoms. The van der Waals surface area contributed by atoms with Crippen LogP contribution in [0.1, 0.15) is 23.2 Å². The summed E-state index contributed by atoms with van der Waals surface area (Å²) in [6.07, 6.45) is 2.25. The summed E-state index contributed by atoms with van der Waals surface area (Å²) < 4.78 is 10.6. The van der Waals surface area contributed by atoms with E-state index in [-0.39, 0.29) is 5.91 Å². The van der Waals surface area contributed by atoms with E-state index in [0.717, 1.165) is 42.9 Å². The minimum atomic E-state index is -0.207. The van der Waals surface area contributed by atoms with Crippen molar-refractivity contribution >= 4 is 17.4 Å². The fourth-order valence-electron chi connectivity index (χ4n) is 3.83. The summed E-state index contributed by atoms with van der Waals surface area (Å²) in [4.78, 5) is 15.0. The Morgan fingerprint density at radius 2 is 1.75 bits per heavy atom. The van der Waals surface area contributed by atoms with Crippen LogP contribution in [0.15, 0.2) is 48.5 Å². The summed E-state index contributed by atoms with van der Waals surface area (Å²) >= 11 is 0. The number of carbonyl (C=O) groups is 1. The molecule has 0 spiro atoms. The molecule has 0 unspecified atom stereocenters. The number of hydrogen-bond acceptors (Lipinski definition) is 6. The highest BCUT2D eigenvalue weighted by Crippen LogP contribution is 2.32. The lowest BCUT2D eigenvalue weighted by Gasteiger charge is -2.30. The Morgan fingerprint density at radius 3 is 2.44 bits per heavy atom. The highest BCUT2D eigenvalue weighted by molar-refractivity contribution is 6.04. The topological polar surface area (TPSA) is 91.5 Å². The Hall–Kier alpha value is -3.52. The van der Waals surface area contributed by atoms with Crippen LogP contribution >= 0.6 is 0 Å². The molecule has 3 N–H and O–H groups in total. The van der Waals surface area contributed by atoms with E-state index in [2.05, 4.69) is 32.8 Å². The van der Waals surface area contributed by atoms with Crippen molar-refractivity contribution in [2.45, 2.75) is 18.9 Å². The molecule has 1 aliphatic rings. The predicted octanol–water partition coefficient (Wildman–Crippen LogP) is 3.85. The Balaban J connectivity index is 1.38. The summed E-state index contributed by atoms with van der Waals surface area (Å²) in [6, 6.07) is 15.4. The van der Waals surface area contributed by atoms with Crippen LogP contribution in [0.4, 0.5) is 11.5 Å². The van der Waals surface area contributed by atoms with Crippen molar-refractivity contribution in [2.75, 3.05) is 45.0 Å². The number of benzene rings is 2. The molecule has 0 radical (unpaired) electrons. The number of hydrogen-bond donors (Lipinski definition) is 3. The fourth-order valence-corrected chi connectivity index (χ4v) is 3.83. The Kier molecular flexibility index (Phi) is 6.61. The number of aromatic amines is 1. The van der Waals surface area contributed by atoms with E-state index in [0.29, 0.717) is 28.9 Å². The molecule has 168 valence electrons. The highest BCUT2D eigenvalue weighted by Gasteiger charge is 2.16. The van der Waals surface area contributed by atoms with Gasteiger partial charge in [-0.1, -0.05) is 0 Å². The van der Waals surface area contributed by atoms with Crippen molar-refractivity contribution in [1.82, 2.24) is 15.1 Å². The summed E-state index contributed by atoms with van der Waals surface area (Å²) in [5, 5.41) is 13.6. The molecular weight excluding hydrogens is 406 g/mol. The molecule has 1 saturated heterocycles. The zero-order valence-electron chi connectivity index (χ0n) is 18.6. The molecule has 1 fully saturated rings. The molecule has 1 aromatic heterocycles. The Labute approximate surface area is 187 Å². The van der Waals surface area contributed by atoms with E-state index < -0.39 is 0 Å². The normalized spacial score (nSPS) is 14.7. The van der Waals surface area contributed by atoms with Gasteiger partial charge in [-0.2, -0.15) is 5.10 Å². The molecule has 3 aromatic rings. The van der Waals surface area contributed by atoms with E-state index in [1.807, 2.05) is 42.5 Å². The molecular formula is C24H29N5O3. The smallest absolute Gasteiger partial charge is 0.256 e. The standard InChI is InChI=1S/C24H29N5O3/c1-29-12-10-19(11-13-29)25-18-7-4-16(5-8-18)24(30)26-23-15-20(27-28-23)17-6-9-21(31-2)22(14-17)32-3/h4-9,14-15,19,25H,10-13H2,1-3H3,(H2,26,27,28,30). The zero-order valence-corrected chi connectivity index (χ0v) is 18.6. The number of carbonyl (C=O) groups excluding carboxylic acids is 1. The zero-order chi connectivity index (χ0) is 22.5. The van der Waals surface area contributed by atoms with Gasteiger partial charge in [0.15, 0.2) is 17.3 Å². The van der Waals surface area contributed by atoms with Gasteiger partial charge in [0.25, 0.3) is 5.91 Å². The molecule has 8 heteroatoms. The molecule has 0 atom stereocenters. The molecule has 0 saturated carbocycles. The maximum Gasteiger partial charge on any atom is 0.256 e. The van der Waals surface area contributed by atoms with Crippen molar-refractivity contribution in [1.29, 1.82) is 0 Å². The third-order valence-corrected chi connectivity index (χ3v) is 5.75. The Bertz CT molecular complexity index is 1060. The molecule has 32 heavy (non-hydrogen) atoms. The molecule has 2 aromatic carbocycles. The number of nitrogens with one attached hydrogen (secondary N) is 3. The molecule has 4 rings (SSSR count). The lowest BCUT2D eigenvalue weighted by Crippen LogP contribution is -2.36. The van der Waals surface area contributed by atoms with Gasteiger partial charge in [0.05, 0.1) is 19.9 Å². The average molecular weight is 436 g/mol. The second kappa shape index (κ2) is 9.74. The SMILES string of the molecule is COc1ccc(-c2cc(NC(=O)c3ccc(NC4CCN(C)CC4)cc3)n[nH]2)cc1OC. The third-order valence-electron chi connectivity index (χ3n) is 5.75. The van der Waals surface area contributed by atoms with Crippen molar-refractivity contribution < 1.29 is 14.3 Å². The van der Waals surface area contributed by atoms with Gasteiger partial charge in [0.2, 0.25) is 0 Å². The predicted molar refractivity (Wildman–Crippen MR) is 126 cm³/mol. The minimum Gasteiger partial charge on any atom is -0.493 e. The number of ether oxygens (including phenoxy) is 2. The van der Waals surface area contributed by atoms with Crippen molar-refractivity contribution in [2.24, 2.45) is 0 Å². The lowest BCUT2D eigenvalue weighted by atomic mass is 10.0. The van der Waals surface area contributed by atoms with Crippen molar-refractivity contribution in [3.05, 3.63) is 54.1 Å². The maximum atomic E-state index is 12.7. The van der Waals surface area contributed by atoms with E-state index in [9.17, 15) is 4.79 Å². The van der Waals surface area contributed by atoms with Crippen LogP contribution in [0.3, 0.4) is 0 Å². The lowest BCUT2D eigenvalue weighted by molar-refractivity contribution is 0.102. The average Bonchev–Trinajstić information content (AvgIpc) is 3.29. The number of aromatic nitrogens is 2. The van der Waals surface area contributed by atoms with Crippen LogP contribution in [-0.4, -0.2) is 61.4 Å². The van der Waals surface area contributed by atoms with Gasteiger partial charge in [0, 0.05) is 28.9 Å². The molecule has 1 amide bonds. The summed E-state index contributed by atoms with van der Waals surface area (Å²) in [5.41, 5.74) is 3.25. The van der Waals surface area contributed by atoms with E-state index in [4.69, 9.17) is 9.47 Å². The van der Waals surface area contributed by atoms with Crippen LogP contribution in [0.2, 0.25) is 0 Å². The number of anilines is 2. The van der Waals surface area contributed by atoms with Gasteiger partial charge in [-0.3, -0.25) is 9.89 Å². The number of methoxy groups -OCH3 is 2.